The minimum absolute atomic E-state index is 0.192. The van der Waals surface area contributed by atoms with Gasteiger partial charge in [-0.05, 0) is 43.5 Å². The third kappa shape index (κ3) is 3.11. The van der Waals surface area contributed by atoms with E-state index in [4.69, 9.17) is 9.47 Å². The first-order chi connectivity index (χ1) is 10.8. The summed E-state index contributed by atoms with van der Waals surface area (Å²) in [6.45, 7) is 6.26. The Morgan fingerprint density at radius 1 is 1.05 bits per heavy atom. The highest BCUT2D eigenvalue weighted by atomic mass is 16.7. The molecular formula is C19H25NO2. The topological polar surface area (TPSA) is 30.5 Å². The molecule has 3 nitrogen and oxygen atoms in total. The van der Waals surface area contributed by atoms with Crippen LogP contribution < -0.4 is 5.32 Å². The van der Waals surface area contributed by atoms with Crippen molar-refractivity contribution in [2.24, 2.45) is 11.8 Å². The second kappa shape index (κ2) is 7.12. The Morgan fingerprint density at radius 3 is 2.41 bits per heavy atom. The molecule has 22 heavy (non-hydrogen) atoms. The molecule has 3 rings (SSSR count). The molecular weight excluding hydrogens is 274 g/mol. The molecule has 0 saturated carbocycles. The fraction of sp³-hybridized carbons (Fsp3) is 0.474. The van der Waals surface area contributed by atoms with Gasteiger partial charge >= 0.3 is 0 Å². The number of benzene rings is 1. The summed E-state index contributed by atoms with van der Waals surface area (Å²) in [5.74, 6) is 1.03. The number of rotatable bonds is 8. The van der Waals surface area contributed by atoms with Crippen molar-refractivity contribution in [3.8, 4) is 0 Å². The molecule has 1 aromatic carbocycles. The van der Waals surface area contributed by atoms with Crippen LogP contribution in [0.5, 0.6) is 0 Å². The maximum Gasteiger partial charge on any atom is 0.180 e. The first-order valence-corrected chi connectivity index (χ1v) is 8.26. The van der Waals surface area contributed by atoms with Crippen LogP contribution >= 0.6 is 0 Å². The Bertz CT molecular complexity index is 544. The van der Waals surface area contributed by atoms with E-state index in [1.165, 1.54) is 17.6 Å². The van der Waals surface area contributed by atoms with Crippen LogP contribution in [0.2, 0.25) is 0 Å². The third-order valence-electron chi connectivity index (χ3n) is 4.45. The first kappa shape index (κ1) is 15.3. The van der Waals surface area contributed by atoms with Gasteiger partial charge in [-0.1, -0.05) is 30.4 Å². The number of allylic oxidation sites excluding steroid dienone is 2. The van der Waals surface area contributed by atoms with Crippen LogP contribution in [0.25, 0.3) is 0 Å². The van der Waals surface area contributed by atoms with Crippen LogP contribution in [0.3, 0.4) is 0 Å². The lowest BCUT2D eigenvalue weighted by Crippen LogP contribution is -2.25. The van der Waals surface area contributed by atoms with Gasteiger partial charge in [0.2, 0.25) is 0 Å². The molecule has 0 saturated heterocycles. The summed E-state index contributed by atoms with van der Waals surface area (Å²) >= 11 is 0. The van der Waals surface area contributed by atoms with E-state index < -0.39 is 0 Å². The summed E-state index contributed by atoms with van der Waals surface area (Å²) in [7, 11) is 0. The van der Waals surface area contributed by atoms with Crippen molar-refractivity contribution in [3.05, 3.63) is 53.6 Å². The molecule has 1 N–H and O–H groups in total. The molecule has 0 heterocycles. The van der Waals surface area contributed by atoms with Gasteiger partial charge in [-0.3, -0.25) is 0 Å². The van der Waals surface area contributed by atoms with Crippen molar-refractivity contribution >= 4 is 5.69 Å². The van der Waals surface area contributed by atoms with Crippen LogP contribution in [0.15, 0.2) is 53.6 Å². The second-order valence-corrected chi connectivity index (χ2v) is 5.78. The molecule has 2 unspecified atom stereocenters. The molecule has 0 aliphatic heterocycles. The van der Waals surface area contributed by atoms with Gasteiger partial charge in [0.15, 0.2) is 6.29 Å². The van der Waals surface area contributed by atoms with E-state index in [0.29, 0.717) is 25.0 Å². The maximum atomic E-state index is 5.86. The van der Waals surface area contributed by atoms with E-state index in [-0.39, 0.29) is 6.29 Å². The number of para-hydroxylation sites is 1. The summed E-state index contributed by atoms with van der Waals surface area (Å²) in [5, 5.41) is 3.54. The smallest absolute Gasteiger partial charge is 0.180 e. The molecule has 3 heteroatoms. The Hall–Kier alpha value is -1.58. The van der Waals surface area contributed by atoms with Crippen molar-refractivity contribution < 1.29 is 9.47 Å². The van der Waals surface area contributed by atoms with Gasteiger partial charge in [0.05, 0.1) is 0 Å². The molecule has 0 amide bonds. The number of hydrogen-bond donors (Lipinski definition) is 1. The van der Waals surface area contributed by atoms with Gasteiger partial charge in [0.25, 0.3) is 0 Å². The van der Waals surface area contributed by atoms with E-state index in [9.17, 15) is 0 Å². The van der Waals surface area contributed by atoms with Gasteiger partial charge in [0, 0.05) is 37.3 Å². The largest absolute Gasteiger partial charge is 0.381 e. The van der Waals surface area contributed by atoms with Crippen LogP contribution in [-0.2, 0) is 9.47 Å². The molecule has 2 atom stereocenters. The molecule has 0 aromatic heterocycles. The molecule has 2 aliphatic rings. The van der Waals surface area contributed by atoms with Gasteiger partial charge < -0.3 is 14.8 Å². The summed E-state index contributed by atoms with van der Waals surface area (Å²) in [5.41, 5.74) is 3.95. The van der Waals surface area contributed by atoms with E-state index >= 15 is 0 Å². The Labute approximate surface area is 133 Å². The lowest BCUT2D eigenvalue weighted by atomic mass is 9.96. The van der Waals surface area contributed by atoms with Gasteiger partial charge in [-0.2, -0.15) is 0 Å². The molecule has 1 aromatic rings. The second-order valence-electron chi connectivity index (χ2n) is 5.78. The van der Waals surface area contributed by atoms with Crippen molar-refractivity contribution in [2.75, 3.05) is 25.1 Å². The number of anilines is 1. The average Bonchev–Trinajstić information content (AvgIpc) is 3.15. The van der Waals surface area contributed by atoms with Gasteiger partial charge in [0.1, 0.15) is 0 Å². The molecule has 2 bridgehead atoms. The molecule has 0 fully saturated rings. The zero-order chi connectivity index (χ0) is 15.4. The van der Waals surface area contributed by atoms with E-state index in [1.807, 2.05) is 19.9 Å². The fourth-order valence-corrected chi connectivity index (χ4v) is 3.48. The third-order valence-corrected chi connectivity index (χ3v) is 4.45. The van der Waals surface area contributed by atoms with Crippen molar-refractivity contribution in [2.45, 2.75) is 26.6 Å². The predicted octanol–water partition coefficient (Wildman–Crippen LogP) is 4.00. The molecule has 2 aliphatic carbocycles. The SMILES string of the molecule is CCOC(OCC)C1=C(CNc2ccccc2)C2C=CC1C2. The lowest BCUT2D eigenvalue weighted by molar-refractivity contribution is -0.114. The summed E-state index contributed by atoms with van der Waals surface area (Å²) in [6, 6.07) is 10.4. The lowest BCUT2D eigenvalue weighted by Gasteiger charge is -2.25. The Balaban J connectivity index is 1.77. The standard InChI is InChI=1S/C19H25NO2/c1-3-21-19(22-4-2)18-15-11-10-14(12-15)17(18)13-20-16-8-6-5-7-9-16/h5-11,14-15,19-20H,3-4,12-13H2,1-2H3. The number of fused-ring (bicyclic) bond motifs is 2. The number of nitrogens with one attached hydrogen (secondary N) is 1. The molecule has 0 spiro atoms. The first-order valence-electron chi connectivity index (χ1n) is 8.26. The highest BCUT2D eigenvalue weighted by molar-refractivity contribution is 5.47. The number of hydrogen-bond acceptors (Lipinski definition) is 3. The van der Waals surface area contributed by atoms with Gasteiger partial charge in [-0.15, -0.1) is 0 Å². The summed E-state index contributed by atoms with van der Waals surface area (Å²) in [4.78, 5) is 0. The van der Waals surface area contributed by atoms with Crippen LogP contribution in [0.4, 0.5) is 5.69 Å². The Morgan fingerprint density at radius 2 is 1.73 bits per heavy atom. The maximum absolute atomic E-state index is 5.86. The zero-order valence-electron chi connectivity index (χ0n) is 13.4. The van der Waals surface area contributed by atoms with Crippen molar-refractivity contribution in [3.63, 3.8) is 0 Å². The van der Waals surface area contributed by atoms with E-state index in [1.54, 1.807) is 0 Å². The quantitative estimate of drug-likeness (QED) is 0.581. The fourth-order valence-electron chi connectivity index (χ4n) is 3.48. The van der Waals surface area contributed by atoms with E-state index in [0.717, 1.165) is 12.2 Å². The molecule has 0 radical (unpaired) electrons. The number of ether oxygens (including phenoxy) is 2. The predicted molar refractivity (Wildman–Crippen MR) is 89.7 cm³/mol. The van der Waals surface area contributed by atoms with Crippen molar-refractivity contribution in [1.29, 1.82) is 0 Å². The highest BCUT2D eigenvalue weighted by Gasteiger charge is 2.39. The zero-order valence-corrected chi connectivity index (χ0v) is 13.4. The summed E-state index contributed by atoms with van der Waals surface area (Å²) < 4.78 is 11.7. The average molecular weight is 299 g/mol. The minimum Gasteiger partial charge on any atom is -0.381 e. The minimum atomic E-state index is -0.192. The normalized spacial score (nSPS) is 22.9. The molecule has 118 valence electrons. The Kier molecular flexibility index (Phi) is 4.96. The van der Waals surface area contributed by atoms with Gasteiger partial charge in [-0.25, -0.2) is 0 Å². The monoisotopic (exact) mass is 299 g/mol. The highest BCUT2D eigenvalue weighted by Crippen LogP contribution is 2.45. The van der Waals surface area contributed by atoms with E-state index in [2.05, 4.69) is 41.7 Å². The van der Waals surface area contributed by atoms with Crippen LogP contribution in [-0.4, -0.2) is 26.0 Å². The van der Waals surface area contributed by atoms with Crippen molar-refractivity contribution in [1.82, 2.24) is 0 Å². The van der Waals surface area contributed by atoms with Crippen LogP contribution in [0.1, 0.15) is 20.3 Å². The summed E-state index contributed by atoms with van der Waals surface area (Å²) in [6.07, 6.45) is 5.64. The van der Waals surface area contributed by atoms with Crippen LogP contribution in [0, 0.1) is 11.8 Å².